The number of benzene rings is 2. The van der Waals surface area contributed by atoms with Crippen LogP contribution in [-0.2, 0) is 0 Å². The van der Waals surface area contributed by atoms with Gasteiger partial charge in [-0.1, -0.05) is 22.9 Å². The van der Waals surface area contributed by atoms with E-state index in [1.54, 1.807) is 26.5 Å². The maximum absolute atomic E-state index is 5.95. The molecule has 4 rings (SSSR count). The van der Waals surface area contributed by atoms with Crippen molar-refractivity contribution >= 4 is 39.6 Å². The Kier molecular flexibility index (Phi) is 5.69. The summed E-state index contributed by atoms with van der Waals surface area (Å²) in [7, 11) is 3.22. The molecule has 9 heteroatoms. The molecule has 0 atom stereocenters. The molecule has 2 aromatic carbocycles. The highest BCUT2D eigenvalue weighted by Gasteiger charge is 2.19. The van der Waals surface area contributed by atoms with Crippen molar-refractivity contribution < 1.29 is 9.47 Å². The van der Waals surface area contributed by atoms with Crippen LogP contribution in [0.4, 0.5) is 16.6 Å². The van der Waals surface area contributed by atoms with Gasteiger partial charge in [0, 0.05) is 34.1 Å². The fraction of sp³-hybridized carbons (Fsp3) is 0.0952. The Morgan fingerprint density at radius 1 is 1.00 bits per heavy atom. The molecule has 0 aliphatic heterocycles. The molecule has 2 aromatic heterocycles. The maximum atomic E-state index is 5.95. The number of anilines is 3. The predicted molar refractivity (Wildman–Crippen MR) is 121 cm³/mol. The van der Waals surface area contributed by atoms with Gasteiger partial charge in [-0.2, -0.15) is 0 Å². The minimum Gasteiger partial charge on any atom is -0.497 e. The number of pyridine rings is 1. The largest absolute Gasteiger partial charge is 0.497 e. The van der Waals surface area contributed by atoms with Gasteiger partial charge in [-0.15, -0.1) is 10.2 Å². The van der Waals surface area contributed by atoms with Crippen molar-refractivity contribution in [3.05, 3.63) is 59.8 Å². The number of nitrogens with zero attached hydrogens (tertiary/aromatic N) is 3. The summed E-state index contributed by atoms with van der Waals surface area (Å²) in [5.41, 5.74) is 9.29. The lowest BCUT2D eigenvalue weighted by molar-refractivity contribution is 0.395. The van der Waals surface area contributed by atoms with Gasteiger partial charge < -0.3 is 20.5 Å². The Morgan fingerprint density at radius 2 is 1.80 bits per heavy atom. The summed E-state index contributed by atoms with van der Waals surface area (Å²) in [5.74, 6) is 1.70. The van der Waals surface area contributed by atoms with Gasteiger partial charge in [0.15, 0.2) is 0 Å². The molecular weight excluding hydrogens is 422 g/mol. The molecule has 0 fully saturated rings. The van der Waals surface area contributed by atoms with Gasteiger partial charge in [0.25, 0.3) is 0 Å². The monoisotopic (exact) mass is 439 g/mol. The fourth-order valence-corrected chi connectivity index (χ4v) is 3.89. The molecule has 4 aromatic rings. The summed E-state index contributed by atoms with van der Waals surface area (Å²) in [6.07, 6.45) is 1.66. The van der Waals surface area contributed by atoms with Gasteiger partial charge in [0.05, 0.1) is 14.2 Å². The van der Waals surface area contributed by atoms with Gasteiger partial charge in [-0.3, -0.25) is 0 Å². The number of hydrogen-bond donors (Lipinski definition) is 2. The van der Waals surface area contributed by atoms with E-state index < -0.39 is 0 Å². The van der Waals surface area contributed by atoms with Crippen molar-refractivity contribution in [3.8, 4) is 33.2 Å². The van der Waals surface area contributed by atoms with Crippen LogP contribution in [-0.4, -0.2) is 29.4 Å². The summed E-state index contributed by atoms with van der Waals surface area (Å²) in [5, 5.41) is 13.9. The van der Waals surface area contributed by atoms with E-state index >= 15 is 0 Å². The molecule has 0 amide bonds. The molecule has 2 heterocycles. The third-order valence-corrected chi connectivity index (χ3v) is 5.48. The van der Waals surface area contributed by atoms with Crippen LogP contribution in [0.3, 0.4) is 0 Å². The molecule has 7 nitrogen and oxygen atoms in total. The first-order valence-corrected chi connectivity index (χ1v) is 10.1. The second-order valence-electron chi connectivity index (χ2n) is 6.27. The summed E-state index contributed by atoms with van der Waals surface area (Å²) >= 11 is 7.36. The van der Waals surface area contributed by atoms with E-state index in [-0.39, 0.29) is 0 Å². The topological polar surface area (TPSA) is 95.2 Å². The van der Waals surface area contributed by atoms with Crippen LogP contribution in [0.1, 0.15) is 0 Å². The number of aromatic nitrogens is 3. The summed E-state index contributed by atoms with van der Waals surface area (Å²) in [6, 6.07) is 14.8. The van der Waals surface area contributed by atoms with E-state index in [1.807, 2.05) is 42.5 Å². The zero-order valence-electron chi connectivity index (χ0n) is 16.2. The van der Waals surface area contributed by atoms with E-state index in [0.29, 0.717) is 32.5 Å². The van der Waals surface area contributed by atoms with E-state index in [9.17, 15) is 0 Å². The molecular formula is C21H18ClN5O2S. The predicted octanol–water partition coefficient (Wildman–Crippen LogP) is 5.26. The van der Waals surface area contributed by atoms with Gasteiger partial charge in [-0.25, -0.2) is 4.98 Å². The number of halogens is 1. The Morgan fingerprint density at radius 3 is 2.50 bits per heavy atom. The molecule has 0 spiro atoms. The van der Waals surface area contributed by atoms with Crippen LogP contribution < -0.4 is 20.5 Å². The lowest BCUT2D eigenvalue weighted by atomic mass is 9.99. The maximum Gasteiger partial charge on any atom is 0.210 e. The van der Waals surface area contributed by atoms with Crippen molar-refractivity contribution in [2.24, 2.45) is 0 Å². The molecule has 3 N–H and O–H groups in total. The lowest BCUT2D eigenvalue weighted by Crippen LogP contribution is -1.96. The number of hydrogen-bond acceptors (Lipinski definition) is 8. The molecule has 0 aliphatic rings. The highest BCUT2D eigenvalue weighted by Crippen LogP contribution is 2.44. The van der Waals surface area contributed by atoms with Crippen molar-refractivity contribution in [2.75, 3.05) is 25.3 Å². The summed E-state index contributed by atoms with van der Waals surface area (Å²) in [6.45, 7) is 0. The molecule has 30 heavy (non-hydrogen) atoms. The Hall–Kier alpha value is -3.36. The third kappa shape index (κ3) is 4.14. The van der Waals surface area contributed by atoms with Crippen molar-refractivity contribution in [1.29, 1.82) is 0 Å². The van der Waals surface area contributed by atoms with Crippen LogP contribution in [0.15, 0.2) is 54.7 Å². The van der Waals surface area contributed by atoms with Crippen LogP contribution >= 0.6 is 22.9 Å². The van der Waals surface area contributed by atoms with Crippen molar-refractivity contribution in [3.63, 3.8) is 0 Å². The second-order valence-corrected chi connectivity index (χ2v) is 7.68. The van der Waals surface area contributed by atoms with E-state index in [4.69, 9.17) is 26.8 Å². The van der Waals surface area contributed by atoms with Crippen LogP contribution in [0.25, 0.3) is 21.7 Å². The Balaban J connectivity index is 1.79. The highest BCUT2D eigenvalue weighted by molar-refractivity contribution is 7.18. The first-order valence-electron chi connectivity index (χ1n) is 8.92. The van der Waals surface area contributed by atoms with Crippen LogP contribution in [0.5, 0.6) is 11.5 Å². The molecule has 152 valence electrons. The molecule has 0 radical (unpaired) electrons. The number of methoxy groups -OCH3 is 2. The first-order chi connectivity index (χ1) is 14.6. The van der Waals surface area contributed by atoms with Gasteiger partial charge >= 0.3 is 0 Å². The van der Waals surface area contributed by atoms with Gasteiger partial charge in [0.1, 0.15) is 22.3 Å². The smallest absolute Gasteiger partial charge is 0.210 e. The van der Waals surface area contributed by atoms with Gasteiger partial charge in [-0.05, 0) is 48.0 Å². The number of ether oxygens (including phenoxy) is 2. The zero-order chi connectivity index (χ0) is 21.1. The standard InChI is InChI=1S/C21H18ClN5O2S/c1-28-15-10-16(19(17(11-15)29-2)12-7-8-24-18(23)9-12)20-26-27-21(30-20)25-14-5-3-13(22)4-6-14/h3-11H,1-2H3,(H2,23,24)(H,25,27). The van der Waals surface area contributed by atoms with Crippen molar-refractivity contribution in [2.45, 2.75) is 0 Å². The highest BCUT2D eigenvalue weighted by atomic mass is 35.5. The third-order valence-electron chi connectivity index (χ3n) is 4.35. The zero-order valence-corrected chi connectivity index (χ0v) is 17.8. The fourth-order valence-electron chi connectivity index (χ4n) is 2.98. The summed E-state index contributed by atoms with van der Waals surface area (Å²) in [4.78, 5) is 4.08. The quantitative estimate of drug-likeness (QED) is 0.422. The van der Waals surface area contributed by atoms with Gasteiger partial charge in [0.2, 0.25) is 5.13 Å². The average molecular weight is 440 g/mol. The van der Waals surface area contributed by atoms with Crippen LogP contribution in [0, 0.1) is 0 Å². The normalized spacial score (nSPS) is 10.6. The molecule has 0 saturated carbocycles. The Bertz CT molecular complexity index is 1180. The second kappa shape index (κ2) is 8.56. The minimum atomic E-state index is 0.415. The lowest BCUT2D eigenvalue weighted by Gasteiger charge is -2.15. The molecule has 0 saturated heterocycles. The number of nitrogens with one attached hydrogen (secondary N) is 1. The van der Waals surface area contributed by atoms with E-state index in [1.165, 1.54) is 11.3 Å². The number of nitrogens with two attached hydrogens (primary N) is 1. The number of rotatable bonds is 6. The van der Waals surface area contributed by atoms with E-state index in [2.05, 4.69) is 20.5 Å². The van der Waals surface area contributed by atoms with E-state index in [0.717, 1.165) is 22.4 Å². The molecule has 0 bridgehead atoms. The first kappa shape index (κ1) is 19.9. The average Bonchev–Trinajstić information content (AvgIpc) is 3.22. The summed E-state index contributed by atoms with van der Waals surface area (Å²) < 4.78 is 11.1. The van der Waals surface area contributed by atoms with Crippen LogP contribution in [0.2, 0.25) is 5.02 Å². The SMILES string of the molecule is COc1cc(OC)c(-c2ccnc(N)c2)c(-c2nnc(Nc3ccc(Cl)cc3)s2)c1. The number of nitrogen functional groups attached to an aromatic ring is 1. The molecule has 0 aliphatic carbocycles. The molecule has 0 unspecified atom stereocenters. The van der Waals surface area contributed by atoms with Crippen molar-refractivity contribution in [1.82, 2.24) is 15.2 Å². The Labute approximate surface area is 182 Å². The minimum absolute atomic E-state index is 0.415.